The molecule has 8 atom stereocenters. The second-order valence-corrected chi connectivity index (χ2v) is 20.0. The van der Waals surface area contributed by atoms with E-state index >= 15 is 0 Å². The van der Waals surface area contributed by atoms with E-state index in [0.717, 1.165) is 75.2 Å². The van der Waals surface area contributed by atoms with Crippen LogP contribution < -0.4 is 5.73 Å². The van der Waals surface area contributed by atoms with Gasteiger partial charge in [0, 0.05) is 24.9 Å². The van der Waals surface area contributed by atoms with E-state index < -0.39 is 28.6 Å². The Hall–Kier alpha value is -3.54. The summed E-state index contributed by atoms with van der Waals surface area (Å²) in [7, 11) is 0. The van der Waals surface area contributed by atoms with Gasteiger partial charge in [0.2, 0.25) is 5.82 Å². The van der Waals surface area contributed by atoms with Crippen LogP contribution in [0.25, 0.3) is 11.6 Å². The average molecular weight is 761 g/mol. The summed E-state index contributed by atoms with van der Waals surface area (Å²) in [5, 5.41) is 19.1. The quantitative estimate of drug-likeness (QED) is 0.245. The van der Waals surface area contributed by atoms with Crippen LogP contribution in [0.1, 0.15) is 132 Å². The van der Waals surface area contributed by atoms with E-state index in [9.17, 15) is 23.9 Å². The highest BCUT2D eigenvalue weighted by Crippen LogP contribution is 2.76. The molecule has 0 bridgehead atoms. The van der Waals surface area contributed by atoms with Crippen LogP contribution >= 0.6 is 0 Å². The van der Waals surface area contributed by atoms with Crippen molar-refractivity contribution in [1.29, 1.82) is 0 Å². The number of aromatic nitrogens is 5. The van der Waals surface area contributed by atoms with Crippen molar-refractivity contribution in [2.75, 3.05) is 6.54 Å². The van der Waals surface area contributed by atoms with Crippen molar-refractivity contribution in [1.82, 2.24) is 24.7 Å². The maximum absolute atomic E-state index is 14.3. The lowest BCUT2D eigenvalue weighted by Crippen LogP contribution is -2.66. The Kier molecular flexibility index (Phi) is 9.57. The first-order chi connectivity index (χ1) is 25.7. The van der Waals surface area contributed by atoms with E-state index in [0.29, 0.717) is 37.2 Å². The Morgan fingerprint density at radius 2 is 1.67 bits per heavy atom. The van der Waals surface area contributed by atoms with Crippen molar-refractivity contribution < 1.29 is 28.6 Å². The highest BCUT2D eigenvalue weighted by molar-refractivity contribution is 6.01. The number of nitrogens with zero attached hydrogens (tertiary/aromatic N) is 5. The van der Waals surface area contributed by atoms with Gasteiger partial charge in [-0.25, -0.2) is 14.4 Å². The number of carboxylic acids is 1. The van der Waals surface area contributed by atoms with E-state index in [-0.39, 0.29) is 57.6 Å². The van der Waals surface area contributed by atoms with Crippen LogP contribution in [-0.4, -0.2) is 60.2 Å². The Balaban J connectivity index is 1.24. The van der Waals surface area contributed by atoms with Crippen molar-refractivity contribution in [2.24, 2.45) is 56.5 Å². The third kappa shape index (κ3) is 5.76. The number of hydrogen-bond acceptors (Lipinski definition) is 9. The minimum absolute atomic E-state index is 0.00278. The molecule has 0 radical (unpaired) electrons. The summed E-state index contributed by atoms with van der Waals surface area (Å²) >= 11 is 0. The molecule has 7 rings (SSSR count). The van der Waals surface area contributed by atoms with Crippen LogP contribution in [0.5, 0.6) is 0 Å². The van der Waals surface area contributed by atoms with E-state index in [1.54, 1.807) is 13.8 Å². The van der Waals surface area contributed by atoms with Gasteiger partial charge in [0.05, 0.1) is 29.6 Å². The highest BCUT2D eigenvalue weighted by atomic mass is 19.1. The van der Waals surface area contributed by atoms with Gasteiger partial charge < -0.3 is 20.1 Å². The number of nitrogens with two attached hydrogens (primary N) is 1. The summed E-state index contributed by atoms with van der Waals surface area (Å²) in [6.45, 7) is 20.2. The third-order valence-electron chi connectivity index (χ3n) is 16.2. The number of Topliss-reactive ketones (excluding diaryl/α,β-unsaturated/α-hetero) is 1. The monoisotopic (exact) mass is 760 g/mol. The number of ketones is 1. The second-order valence-electron chi connectivity index (χ2n) is 20.0. The lowest BCUT2D eigenvalue weighted by molar-refractivity contribution is -0.232. The van der Waals surface area contributed by atoms with Gasteiger partial charge in [0.25, 0.3) is 0 Å². The zero-order valence-electron chi connectivity index (χ0n) is 34.3. The molecule has 4 saturated carbocycles. The van der Waals surface area contributed by atoms with Gasteiger partial charge in [-0.05, 0) is 116 Å². The van der Waals surface area contributed by atoms with E-state index in [2.05, 4.69) is 63.5 Å². The van der Waals surface area contributed by atoms with Gasteiger partial charge in [0.1, 0.15) is 11.9 Å². The Morgan fingerprint density at radius 3 is 2.31 bits per heavy atom. The maximum Gasteiger partial charge on any atom is 0.309 e. The smallest absolute Gasteiger partial charge is 0.309 e. The summed E-state index contributed by atoms with van der Waals surface area (Å²) < 4.78 is 22.0. The van der Waals surface area contributed by atoms with Crippen molar-refractivity contribution >= 4 is 17.7 Å². The molecule has 0 amide bonds. The average Bonchev–Trinajstić information content (AvgIpc) is 3.65. The number of carbonyl (C=O) groups is 3. The molecule has 2 heterocycles. The number of carboxylic acid groups (broad SMARTS) is 1. The Labute approximate surface area is 324 Å². The van der Waals surface area contributed by atoms with Gasteiger partial charge in [-0.3, -0.25) is 14.4 Å². The summed E-state index contributed by atoms with van der Waals surface area (Å²) in [5.74, 6) is 0.688. The number of aliphatic carboxylic acids is 1. The van der Waals surface area contributed by atoms with E-state index in [4.69, 9.17) is 15.6 Å². The molecule has 0 unspecified atom stereocenters. The molecule has 0 spiro atoms. The fourth-order valence-electron chi connectivity index (χ4n) is 13.3. The fraction of sp³-hybridized carbons (Fsp3) is 0.744. The van der Waals surface area contributed by atoms with Gasteiger partial charge in [-0.15, -0.1) is 10.2 Å². The topological polar surface area (TPSA) is 163 Å². The summed E-state index contributed by atoms with van der Waals surface area (Å²) in [6.07, 6.45) is 9.67. The van der Waals surface area contributed by atoms with Crippen molar-refractivity contribution in [3.63, 3.8) is 0 Å². The summed E-state index contributed by atoms with van der Waals surface area (Å²) in [6, 6.07) is 0. The second kappa shape index (κ2) is 13.3. The van der Waals surface area contributed by atoms with E-state index in [1.165, 1.54) is 5.57 Å². The zero-order valence-corrected chi connectivity index (χ0v) is 34.3. The van der Waals surface area contributed by atoms with Gasteiger partial charge in [0.15, 0.2) is 17.4 Å². The molecular formula is C43H61FN6O5. The largest absolute Gasteiger partial charge is 0.481 e. The molecular weight excluding hydrogens is 700 g/mol. The number of ether oxygens (including phenoxy) is 1. The first-order valence-corrected chi connectivity index (χ1v) is 20.5. The Morgan fingerprint density at radius 1 is 0.982 bits per heavy atom. The molecule has 11 nitrogen and oxygen atoms in total. The predicted octanol–water partition coefficient (Wildman–Crippen LogP) is 7.48. The summed E-state index contributed by atoms with van der Waals surface area (Å²) in [5.41, 5.74) is 6.26. The van der Waals surface area contributed by atoms with Crippen molar-refractivity contribution in [3.05, 3.63) is 35.2 Å². The first kappa shape index (κ1) is 39.7. The first-order valence-electron chi connectivity index (χ1n) is 20.5. The number of halogens is 1. The molecule has 0 aromatic carbocycles. The highest BCUT2D eigenvalue weighted by Gasteiger charge is 2.71. The van der Waals surface area contributed by atoms with Crippen LogP contribution in [0.4, 0.5) is 4.39 Å². The lowest BCUT2D eigenvalue weighted by atomic mass is 9.33. The molecule has 5 aliphatic carbocycles. The standard InChI is InChI=1S/C43H61FN6O5/c1-24(2)32-27(51)20-43(36-49-48-35(50(36)19-18-45)34-46-22-25(44)23-47-34)17-16-41(8)26(33(32)43)10-11-29-40(7)14-13-30(55-31(52)21-38(3,4)37(53)54)39(5,6)28(40)12-15-42(29,41)9/h22-24,26,28-30H,10-21,45H2,1-9H3,(H,53,54)/t26-,28+,29-,30+,40+,41-,42-,43-/m1/s1. The van der Waals surface area contributed by atoms with Crippen molar-refractivity contribution in [3.8, 4) is 11.6 Å². The van der Waals surface area contributed by atoms with E-state index in [1.807, 2.05) is 4.57 Å². The molecule has 300 valence electrons. The predicted molar refractivity (Wildman–Crippen MR) is 205 cm³/mol. The molecule has 2 aromatic heterocycles. The molecule has 0 saturated heterocycles. The van der Waals surface area contributed by atoms with Gasteiger partial charge >= 0.3 is 11.9 Å². The third-order valence-corrected chi connectivity index (χ3v) is 16.2. The number of hydrogen-bond donors (Lipinski definition) is 2. The van der Waals surface area contributed by atoms with Crippen LogP contribution in [0.2, 0.25) is 0 Å². The maximum atomic E-state index is 14.3. The minimum atomic E-state index is -1.18. The van der Waals surface area contributed by atoms with Crippen molar-refractivity contribution in [2.45, 2.75) is 145 Å². The number of allylic oxidation sites excluding steroid dienone is 2. The van der Waals surface area contributed by atoms with Crippen LogP contribution in [0.3, 0.4) is 0 Å². The zero-order chi connectivity index (χ0) is 40.1. The number of fused-ring (bicyclic) bond motifs is 7. The molecule has 12 heteroatoms. The fourth-order valence-corrected chi connectivity index (χ4v) is 13.3. The number of rotatable bonds is 9. The number of esters is 1. The van der Waals surface area contributed by atoms with Crippen LogP contribution in [0, 0.1) is 56.6 Å². The lowest BCUT2D eigenvalue weighted by Gasteiger charge is -2.72. The number of carbonyl (C=O) groups excluding carboxylic acids is 2. The molecule has 55 heavy (non-hydrogen) atoms. The molecule has 3 N–H and O–H groups in total. The molecule has 4 fully saturated rings. The minimum Gasteiger partial charge on any atom is -0.481 e. The molecule has 0 aliphatic heterocycles. The SMILES string of the molecule is CC(C)C1=C2[C@H]3CC[C@@H]4[C@@]5(C)CC[C@H](OC(=O)CC(C)(C)C(=O)O)C(C)(C)[C@@H]5CC[C@@]4(C)[C@]3(C)CC[C@@]2(c2nnc(-c3ncc(F)cn3)n2CCN)CC1=O. The van der Waals surface area contributed by atoms with Crippen LogP contribution in [0.15, 0.2) is 23.5 Å². The molecule has 5 aliphatic rings. The normalized spacial score (nSPS) is 35.5. The van der Waals surface area contributed by atoms with Crippen LogP contribution in [-0.2, 0) is 31.1 Å². The Bertz CT molecular complexity index is 1920. The van der Waals surface area contributed by atoms with Gasteiger partial charge in [-0.1, -0.05) is 48.5 Å². The van der Waals surface area contributed by atoms with Gasteiger partial charge in [-0.2, -0.15) is 0 Å². The molecule has 2 aromatic rings. The summed E-state index contributed by atoms with van der Waals surface area (Å²) in [4.78, 5) is 47.7.